The summed E-state index contributed by atoms with van der Waals surface area (Å²) < 4.78 is 12.1. The maximum atomic E-state index is 11.5. The first-order valence-corrected chi connectivity index (χ1v) is 6.70. The normalized spacial score (nSPS) is 10.6. The van der Waals surface area contributed by atoms with Gasteiger partial charge < -0.3 is 9.47 Å². The molecule has 1 heterocycles. The number of nitrogens with one attached hydrogen (secondary N) is 1. The summed E-state index contributed by atoms with van der Waals surface area (Å²) in [6, 6.07) is 7.00. The molecule has 1 N–H and O–H groups in total. The van der Waals surface area contributed by atoms with Gasteiger partial charge in [-0.25, -0.2) is 4.79 Å². The molecule has 112 valence electrons. The standard InChI is InChI=1S/C14H15ClN2O4/c1-10-8-17(14(19)16-13(10)18)9-20-6-7-21-12-4-2-11(15)3-5-12/h2-5,8H,6-7,9H2,1H3,(H,16,18,19). The maximum Gasteiger partial charge on any atom is 0.330 e. The van der Waals surface area contributed by atoms with Gasteiger partial charge in [-0.3, -0.25) is 14.3 Å². The molecule has 0 aliphatic heterocycles. The fraction of sp³-hybridized carbons (Fsp3) is 0.286. The molecule has 21 heavy (non-hydrogen) atoms. The van der Waals surface area contributed by atoms with Gasteiger partial charge in [0, 0.05) is 16.8 Å². The van der Waals surface area contributed by atoms with Crippen LogP contribution in [0.25, 0.3) is 0 Å². The number of hydrogen-bond donors (Lipinski definition) is 1. The van der Waals surface area contributed by atoms with Crippen molar-refractivity contribution in [3.63, 3.8) is 0 Å². The number of H-pyrrole nitrogens is 1. The quantitative estimate of drug-likeness (QED) is 0.822. The van der Waals surface area contributed by atoms with Crippen LogP contribution < -0.4 is 16.0 Å². The third-order valence-corrected chi connectivity index (χ3v) is 2.98. The van der Waals surface area contributed by atoms with Gasteiger partial charge in [0.05, 0.1) is 6.61 Å². The van der Waals surface area contributed by atoms with Gasteiger partial charge in [0.25, 0.3) is 5.56 Å². The van der Waals surface area contributed by atoms with Crippen molar-refractivity contribution in [1.82, 2.24) is 9.55 Å². The van der Waals surface area contributed by atoms with Crippen molar-refractivity contribution in [2.45, 2.75) is 13.7 Å². The smallest absolute Gasteiger partial charge is 0.330 e. The average molecular weight is 311 g/mol. The van der Waals surface area contributed by atoms with Gasteiger partial charge in [-0.15, -0.1) is 0 Å². The molecule has 0 amide bonds. The molecule has 0 fully saturated rings. The van der Waals surface area contributed by atoms with E-state index in [9.17, 15) is 9.59 Å². The molecule has 6 nitrogen and oxygen atoms in total. The number of benzene rings is 1. The van der Waals surface area contributed by atoms with E-state index >= 15 is 0 Å². The highest BCUT2D eigenvalue weighted by Crippen LogP contribution is 2.15. The Balaban J connectivity index is 1.77. The van der Waals surface area contributed by atoms with Crippen LogP contribution in [-0.4, -0.2) is 22.8 Å². The number of aromatic amines is 1. The number of hydrogen-bond acceptors (Lipinski definition) is 4. The first-order valence-electron chi connectivity index (χ1n) is 6.33. The van der Waals surface area contributed by atoms with Crippen LogP contribution in [-0.2, 0) is 11.5 Å². The zero-order valence-corrected chi connectivity index (χ0v) is 12.2. The van der Waals surface area contributed by atoms with E-state index in [0.717, 1.165) is 0 Å². The highest BCUT2D eigenvalue weighted by atomic mass is 35.5. The molecule has 1 aromatic heterocycles. The summed E-state index contributed by atoms with van der Waals surface area (Å²) in [6.07, 6.45) is 1.46. The molecule has 2 rings (SSSR count). The van der Waals surface area contributed by atoms with Gasteiger partial charge in [-0.2, -0.15) is 0 Å². The lowest BCUT2D eigenvalue weighted by Gasteiger charge is -2.09. The van der Waals surface area contributed by atoms with Crippen molar-refractivity contribution in [1.29, 1.82) is 0 Å². The first-order chi connectivity index (χ1) is 10.1. The second-order valence-corrected chi connectivity index (χ2v) is 4.82. The van der Waals surface area contributed by atoms with Crippen molar-refractivity contribution >= 4 is 11.6 Å². The van der Waals surface area contributed by atoms with Crippen LogP contribution in [0.3, 0.4) is 0 Å². The Hall–Kier alpha value is -2.05. The average Bonchev–Trinajstić information content (AvgIpc) is 2.46. The minimum Gasteiger partial charge on any atom is -0.491 e. The van der Waals surface area contributed by atoms with Crippen LogP contribution >= 0.6 is 11.6 Å². The van der Waals surface area contributed by atoms with Crippen LogP contribution in [0.15, 0.2) is 40.1 Å². The number of halogens is 1. The van der Waals surface area contributed by atoms with Gasteiger partial charge in [0.15, 0.2) is 0 Å². The van der Waals surface area contributed by atoms with Crippen molar-refractivity contribution in [3.05, 3.63) is 61.9 Å². The molecule has 0 bridgehead atoms. The van der Waals surface area contributed by atoms with Gasteiger partial charge in [-0.1, -0.05) is 11.6 Å². The molecule has 1 aromatic carbocycles. The van der Waals surface area contributed by atoms with Gasteiger partial charge in [-0.05, 0) is 31.2 Å². The predicted molar refractivity (Wildman–Crippen MR) is 79.0 cm³/mol. The number of aromatic nitrogens is 2. The van der Waals surface area contributed by atoms with E-state index in [1.165, 1.54) is 10.8 Å². The van der Waals surface area contributed by atoms with E-state index < -0.39 is 5.69 Å². The van der Waals surface area contributed by atoms with Crippen molar-refractivity contribution in [3.8, 4) is 5.75 Å². The second-order valence-electron chi connectivity index (χ2n) is 4.38. The summed E-state index contributed by atoms with van der Waals surface area (Å²) in [5, 5.41) is 0.645. The molecule has 0 saturated carbocycles. The number of nitrogens with zero attached hydrogens (tertiary/aromatic N) is 1. The van der Waals surface area contributed by atoms with Crippen LogP contribution in [0.5, 0.6) is 5.75 Å². The minimum atomic E-state index is -0.496. The molecule has 0 saturated heterocycles. The minimum absolute atomic E-state index is 0.0560. The zero-order chi connectivity index (χ0) is 15.2. The van der Waals surface area contributed by atoms with E-state index in [1.807, 2.05) is 0 Å². The van der Waals surface area contributed by atoms with E-state index in [4.69, 9.17) is 21.1 Å². The molecule has 0 radical (unpaired) electrons. The number of ether oxygens (including phenoxy) is 2. The van der Waals surface area contributed by atoms with Gasteiger partial charge in [0.1, 0.15) is 19.1 Å². The topological polar surface area (TPSA) is 73.3 Å². The van der Waals surface area contributed by atoms with Crippen molar-refractivity contribution in [2.75, 3.05) is 13.2 Å². The number of rotatable bonds is 6. The molecule has 2 aromatic rings. The Morgan fingerprint density at radius 1 is 1.19 bits per heavy atom. The Morgan fingerprint density at radius 3 is 2.62 bits per heavy atom. The fourth-order valence-corrected chi connectivity index (χ4v) is 1.75. The van der Waals surface area contributed by atoms with Crippen LogP contribution in [0, 0.1) is 6.92 Å². The first kappa shape index (κ1) is 15.3. The zero-order valence-electron chi connectivity index (χ0n) is 11.5. The summed E-state index contributed by atoms with van der Waals surface area (Å²) in [4.78, 5) is 24.9. The Kier molecular flexibility index (Phi) is 5.19. The molecule has 0 unspecified atom stereocenters. The van der Waals surface area contributed by atoms with Crippen molar-refractivity contribution < 1.29 is 9.47 Å². The largest absolute Gasteiger partial charge is 0.491 e. The molecular weight excluding hydrogens is 296 g/mol. The lowest BCUT2D eigenvalue weighted by atomic mass is 10.3. The van der Waals surface area contributed by atoms with E-state index in [0.29, 0.717) is 29.5 Å². The lowest BCUT2D eigenvalue weighted by molar-refractivity contribution is 0.0511. The van der Waals surface area contributed by atoms with Crippen LogP contribution in [0.1, 0.15) is 5.56 Å². The summed E-state index contributed by atoms with van der Waals surface area (Å²) in [6.45, 7) is 2.34. The molecule has 7 heteroatoms. The lowest BCUT2D eigenvalue weighted by Crippen LogP contribution is -2.31. The molecule has 0 atom stereocenters. The summed E-state index contributed by atoms with van der Waals surface area (Å²) >= 11 is 5.76. The highest BCUT2D eigenvalue weighted by Gasteiger charge is 2.00. The molecule has 0 aliphatic rings. The maximum absolute atomic E-state index is 11.5. The van der Waals surface area contributed by atoms with Gasteiger partial charge >= 0.3 is 5.69 Å². The van der Waals surface area contributed by atoms with E-state index in [1.54, 1.807) is 31.2 Å². The Labute approximate surface area is 125 Å². The van der Waals surface area contributed by atoms with E-state index in [-0.39, 0.29) is 12.3 Å². The predicted octanol–water partition coefficient (Wildman–Crippen LogP) is 1.55. The Morgan fingerprint density at radius 2 is 1.90 bits per heavy atom. The third kappa shape index (κ3) is 4.47. The van der Waals surface area contributed by atoms with E-state index in [2.05, 4.69) is 4.98 Å². The Bertz CT molecular complexity index is 706. The monoisotopic (exact) mass is 310 g/mol. The summed E-state index contributed by atoms with van der Waals surface area (Å²) in [7, 11) is 0. The van der Waals surface area contributed by atoms with Crippen LogP contribution in [0.2, 0.25) is 5.02 Å². The van der Waals surface area contributed by atoms with Crippen LogP contribution in [0.4, 0.5) is 0 Å². The second kappa shape index (κ2) is 7.10. The molecular formula is C14H15ClN2O4. The molecule has 0 aliphatic carbocycles. The van der Waals surface area contributed by atoms with Gasteiger partial charge in [0.2, 0.25) is 0 Å². The summed E-state index contributed by atoms with van der Waals surface area (Å²) in [5.74, 6) is 0.694. The third-order valence-electron chi connectivity index (χ3n) is 2.73. The molecule has 0 spiro atoms. The highest BCUT2D eigenvalue weighted by molar-refractivity contribution is 6.30. The fourth-order valence-electron chi connectivity index (χ4n) is 1.63. The number of aryl methyl sites for hydroxylation is 1. The van der Waals surface area contributed by atoms with Crippen molar-refractivity contribution in [2.24, 2.45) is 0 Å². The summed E-state index contributed by atoms with van der Waals surface area (Å²) in [5.41, 5.74) is -0.429. The SMILES string of the molecule is Cc1cn(COCCOc2ccc(Cl)cc2)c(=O)[nH]c1=O.